The van der Waals surface area contributed by atoms with Gasteiger partial charge in [0.2, 0.25) is 0 Å². The predicted molar refractivity (Wildman–Crippen MR) is 95.2 cm³/mol. The molecule has 152 valence electrons. The SMILES string of the molecule is Cc1ccc(C(CNc2ccc(C(F)(F)F)cc2[N+](=O)[O-])N2CCOCC2)o1. The number of furan rings is 1. The molecule has 1 saturated heterocycles. The van der Waals surface area contributed by atoms with E-state index in [0.29, 0.717) is 38.1 Å². The number of nitro groups is 1. The highest BCUT2D eigenvalue weighted by molar-refractivity contribution is 5.63. The fourth-order valence-electron chi connectivity index (χ4n) is 3.15. The molecule has 3 rings (SSSR count). The van der Waals surface area contributed by atoms with Crippen LogP contribution in [0.5, 0.6) is 0 Å². The van der Waals surface area contributed by atoms with Crippen molar-refractivity contribution in [1.82, 2.24) is 4.90 Å². The molecule has 2 heterocycles. The molecule has 0 radical (unpaired) electrons. The van der Waals surface area contributed by atoms with E-state index in [9.17, 15) is 23.3 Å². The lowest BCUT2D eigenvalue weighted by molar-refractivity contribution is -0.384. The van der Waals surface area contributed by atoms with Crippen LogP contribution in [0.3, 0.4) is 0 Å². The van der Waals surface area contributed by atoms with Gasteiger partial charge in [-0.15, -0.1) is 0 Å². The first-order chi connectivity index (χ1) is 13.3. The highest BCUT2D eigenvalue weighted by Gasteiger charge is 2.33. The van der Waals surface area contributed by atoms with Crippen molar-refractivity contribution in [2.45, 2.75) is 19.1 Å². The van der Waals surface area contributed by atoms with E-state index in [1.807, 2.05) is 19.1 Å². The van der Waals surface area contributed by atoms with Gasteiger partial charge < -0.3 is 14.5 Å². The third-order valence-electron chi connectivity index (χ3n) is 4.58. The number of morpholine rings is 1. The number of nitrogens with one attached hydrogen (secondary N) is 1. The van der Waals surface area contributed by atoms with Crippen molar-refractivity contribution in [3.63, 3.8) is 0 Å². The van der Waals surface area contributed by atoms with Crippen molar-refractivity contribution < 1.29 is 27.2 Å². The number of nitro benzene ring substituents is 1. The van der Waals surface area contributed by atoms with Crippen LogP contribution in [0.1, 0.15) is 23.1 Å². The first-order valence-electron chi connectivity index (χ1n) is 8.73. The summed E-state index contributed by atoms with van der Waals surface area (Å²) in [7, 11) is 0. The summed E-state index contributed by atoms with van der Waals surface area (Å²) in [6.07, 6.45) is -4.65. The Kier molecular flexibility index (Phi) is 5.90. The monoisotopic (exact) mass is 399 g/mol. The normalized spacial score (nSPS) is 16.7. The van der Waals surface area contributed by atoms with Gasteiger partial charge in [-0.2, -0.15) is 13.2 Å². The summed E-state index contributed by atoms with van der Waals surface area (Å²) in [5.74, 6) is 1.41. The van der Waals surface area contributed by atoms with Gasteiger partial charge in [-0.05, 0) is 31.2 Å². The maximum atomic E-state index is 12.9. The van der Waals surface area contributed by atoms with E-state index >= 15 is 0 Å². The number of hydrogen-bond acceptors (Lipinski definition) is 6. The molecule has 1 atom stereocenters. The molecule has 0 bridgehead atoms. The Balaban J connectivity index is 1.83. The Labute approximate surface area is 159 Å². The van der Waals surface area contributed by atoms with Crippen LogP contribution >= 0.6 is 0 Å². The van der Waals surface area contributed by atoms with Crippen LogP contribution < -0.4 is 5.32 Å². The van der Waals surface area contributed by atoms with Gasteiger partial charge in [-0.25, -0.2) is 0 Å². The van der Waals surface area contributed by atoms with Crippen LogP contribution in [0.25, 0.3) is 0 Å². The molecule has 0 saturated carbocycles. The van der Waals surface area contributed by atoms with Crippen molar-refractivity contribution in [3.05, 3.63) is 57.5 Å². The fraction of sp³-hybridized carbons (Fsp3) is 0.444. The number of rotatable bonds is 6. The average molecular weight is 399 g/mol. The van der Waals surface area contributed by atoms with Gasteiger partial charge in [0.25, 0.3) is 5.69 Å². The van der Waals surface area contributed by atoms with Crippen LogP contribution in [-0.2, 0) is 10.9 Å². The van der Waals surface area contributed by atoms with Crippen molar-refractivity contribution in [2.75, 3.05) is 38.2 Å². The number of benzene rings is 1. The van der Waals surface area contributed by atoms with Gasteiger partial charge in [-0.1, -0.05) is 0 Å². The Hall–Kier alpha value is -2.59. The first-order valence-corrected chi connectivity index (χ1v) is 8.73. The van der Waals surface area contributed by atoms with Crippen LogP contribution in [0.4, 0.5) is 24.5 Å². The summed E-state index contributed by atoms with van der Waals surface area (Å²) < 4.78 is 49.7. The zero-order chi connectivity index (χ0) is 20.3. The zero-order valence-corrected chi connectivity index (χ0v) is 15.2. The lowest BCUT2D eigenvalue weighted by Crippen LogP contribution is -2.41. The van der Waals surface area contributed by atoms with Crippen molar-refractivity contribution in [1.29, 1.82) is 0 Å². The van der Waals surface area contributed by atoms with Crippen LogP contribution in [0.15, 0.2) is 34.7 Å². The highest BCUT2D eigenvalue weighted by Crippen LogP contribution is 2.35. The van der Waals surface area contributed by atoms with Gasteiger partial charge >= 0.3 is 6.18 Å². The molecular weight excluding hydrogens is 379 g/mol. The number of hydrogen-bond donors (Lipinski definition) is 1. The van der Waals surface area contributed by atoms with Crippen LogP contribution in [0, 0.1) is 17.0 Å². The minimum atomic E-state index is -4.65. The second-order valence-electron chi connectivity index (χ2n) is 6.48. The standard InChI is InChI=1S/C18H20F3N3O4/c1-12-2-5-17(28-12)16(23-6-8-27-9-7-23)11-22-14-4-3-13(18(19,20)21)10-15(14)24(25)26/h2-5,10,16,22H,6-9,11H2,1H3. The number of halogens is 3. The van der Waals surface area contributed by atoms with Crippen molar-refractivity contribution in [3.8, 4) is 0 Å². The molecule has 0 spiro atoms. The molecule has 7 nitrogen and oxygen atoms in total. The molecule has 1 aromatic heterocycles. The molecule has 0 aliphatic carbocycles. The van der Waals surface area contributed by atoms with E-state index in [1.165, 1.54) is 0 Å². The predicted octanol–water partition coefficient (Wildman–Crippen LogP) is 4.00. The van der Waals surface area contributed by atoms with Gasteiger partial charge in [0.05, 0.1) is 29.7 Å². The summed E-state index contributed by atoms with van der Waals surface area (Å²) in [5, 5.41) is 14.2. The molecule has 28 heavy (non-hydrogen) atoms. The summed E-state index contributed by atoms with van der Waals surface area (Å²) in [5.41, 5.74) is -1.65. The second-order valence-corrected chi connectivity index (χ2v) is 6.48. The zero-order valence-electron chi connectivity index (χ0n) is 15.2. The first kappa shape index (κ1) is 20.2. The largest absolute Gasteiger partial charge is 0.465 e. The van der Waals surface area contributed by atoms with Crippen LogP contribution in [-0.4, -0.2) is 42.7 Å². The minimum Gasteiger partial charge on any atom is -0.465 e. The van der Waals surface area contributed by atoms with Gasteiger partial charge in [0, 0.05) is 25.7 Å². The molecule has 10 heteroatoms. The Bertz CT molecular complexity index is 832. The smallest absolute Gasteiger partial charge is 0.416 e. The average Bonchev–Trinajstić information content (AvgIpc) is 3.08. The third kappa shape index (κ3) is 4.63. The molecule has 1 aromatic carbocycles. The van der Waals surface area contributed by atoms with E-state index in [0.717, 1.165) is 17.9 Å². The molecule has 1 unspecified atom stereocenters. The fourth-order valence-corrected chi connectivity index (χ4v) is 3.15. The van der Waals surface area contributed by atoms with E-state index in [2.05, 4.69) is 10.2 Å². The number of aryl methyl sites for hydroxylation is 1. The molecular formula is C18H20F3N3O4. The summed E-state index contributed by atoms with van der Waals surface area (Å²) in [6.45, 7) is 4.46. The molecule has 0 amide bonds. The maximum absolute atomic E-state index is 12.9. The topological polar surface area (TPSA) is 80.8 Å². The Morgan fingerprint density at radius 3 is 2.54 bits per heavy atom. The molecule has 1 aliphatic heterocycles. The summed E-state index contributed by atoms with van der Waals surface area (Å²) in [6, 6.07) is 5.88. The molecule has 1 N–H and O–H groups in total. The van der Waals surface area contributed by atoms with E-state index in [-0.39, 0.29) is 18.3 Å². The van der Waals surface area contributed by atoms with Gasteiger partial charge in [0.1, 0.15) is 17.2 Å². The Morgan fingerprint density at radius 2 is 1.96 bits per heavy atom. The summed E-state index contributed by atoms with van der Waals surface area (Å²) in [4.78, 5) is 12.6. The molecule has 2 aromatic rings. The van der Waals surface area contributed by atoms with E-state index in [1.54, 1.807) is 0 Å². The second kappa shape index (κ2) is 8.19. The van der Waals surface area contributed by atoms with E-state index < -0.39 is 22.4 Å². The third-order valence-corrected chi connectivity index (χ3v) is 4.58. The van der Waals surface area contributed by atoms with Gasteiger partial charge in [0.15, 0.2) is 0 Å². The van der Waals surface area contributed by atoms with Gasteiger partial charge in [-0.3, -0.25) is 15.0 Å². The van der Waals surface area contributed by atoms with Crippen LogP contribution in [0.2, 0.25) is 0 Å². The number of alkyl halides is 3. The maximum Gasteiger partial charge on any atom is 0.416 e. The lowest BCUT2D eigenvalue weighted by atomic mass is 10.1. The highest BCUT2D eigenvalue weighted by atomic mass is 19.4. The van der Waals surface area contributed by atoms with Crippen molar-refractivity contribution in [2.24, 2.45) is 0 Å². The van der Waals surface area contributed by atoms with Crippen molar-refractivity contribution >= 4 is 11.4 Å². The lowest BCUT2D eigenvalue weighted by Gasteiger charge is -2.33. The Morgan fingerprint density at radius 1 is 1.25 bits per heavy atom. The summed E-state index contributed by atoms with van der Waals surface area (Å²) >= 11 is 0. The number of nitrogens with zero attached hydrogens (tertiary/aromatic N) is 2. The van der Waals surface area contributed by atoms with E-state index in [4.69, 9.17) is 9.15 Å². The number of anilines is 1. The quantitative estimate of drug-likeness (QED) is 0.584. The minimum absolute atomic E-state index is 0.0273. The number of ether oxygens (including phenoxy) is 1. The molecule has 1 fully saturated rings. The molecule has 1 aliphatic rings.